The quantitative estimate of drug-likeness (QED) is 0.0470. The van der Waals surface area contributed by atoms with Crippen LogP contribution in [0.5, 0.6) is 5.75 Å². The number of allylic oxidation sites excluding steroid dienone is 1. The minimum atomic E-state index is -5.19. The summed E-state index contributed by atoms with van der Waals surface area (Å²) in [5.41, 5.74) is 1.79. The number of benzene rings is 5. The van der Waals surface area contributed by atoms with E-state index in [4.69, 9.17) is 9.16 Å². The molecule has 66 heavy (non-hydrogen) atoms. The summed E-state index contributed by atoms with van der Waals surface area (Å²) in [7, 11) is -3.19. The molecule has 2 amide bonds. The second-order valence-corrected chi connectivity index (χ2v) is 22.9. The average Bonchev–Trinajstić information content (AvgIpc) is 3.81. The second kappa shape index (κ2) is 17.8. The molecule has 8 rings (SSSR count). The maximum absolute atomic E-state index is 14.6. The van der Waals surface area contributed by atoms with E-state index in [0.717, 1.165) is 49.3 Å². The molecular weight excluding hydrogens is 873 g/mol. The van der Waals surface area contributed by atoms with Gasteiger partial charge in [0.2, 0.25) is 11.8 Å². The number of carbonyl (C=O) groups excluding carboxylic acids is 2. The number of halogens is 6. The van der Waals surface area contributed by atoms with Crippen LogP contribution in [0, 0.1) is 31.6 Å². The number of aromatic hydroxyl groups is 1. The highest BCUT2D eigenvalue weighted by Crippen LogP contribution is 2.52. The van der Waals surface area contributed by atoms with Crippen LogP contribution in [0.2, 0.25) is 5.04 Å². The van der Waals surface area contributed by atoms with Crippen LogP contribution in [-0.4, -0.2) is 44.6 Å². The number of hydrogen-bond acceptors (Lipinski definition) is 5. The topological polar surface area (TPSA) is 76.1 Å². The zero-order valence-electron chi connectivity index (χ0n) is 37.3. The third-order valence-corrected chi connectivity index (χ3v) is 18.4. The number of imide groups is 1. The molecule has 0 spiro atoms. The van der Waals surface area contributed by atoms with Crippen molar-refractivity contribution in [3.05, 3.63) is 166 Å². The molecule has 5 aromatic carbocycles. The summed E-state index contributed by atoms with van der Waals surface area (Å²) in [6, 6.07) is 34.5. The lowest BCUT2D eigenvalue weighted by atomic mass is 9.69. The van der Waals surface area contributed by atoms with E-state index in [-0.39, 0.29) is 31.5 Å². The molecule has 3 aliphatic rings. The molecule has 0 saturated carbocycles. The van der Waals surface area contributed by atoms with Gasteiger partial charge in [0, 0.05) is 5.92 Å². The number of nitrogens with zero attached hydrogens (tertiary/aromatic N) is 1. The highest BCUT2D eigenvalue weighted by atomic mass is 28.4. The maximum Gasteiger partial charge on any atom is 0.416 e. The van der Waals surface area contributed by atoms with Gasteiger partial charge < -0.3 is 14.3 Å². The molecule has 1 N–H and O–H groups in total. The first kappa shape index (κ1) is 46.8. The van der Waals surface area contributed by atoms with Crippen molar-refractivity contribution in [3.8, 4) is 5.75 Å². The molecule has 5 aromatic rings. The van der Waals surface area contributed by atoms with Gasteiger partial charge in [-0.3, -0.25) is 9.59 Å². The number of fused-ring (bicyclic) bond motifs is 3. The Morgan fingerprint density at radius 3 is 1.80 bits per heavy atom. The lowest BCUT2D eigenvalue weighted by Crippen LogP contribution is -2.66. The van der Waals surface area contributed by atoms with E-state index in [1.807, 2.05) is 92.7 Å². The monoisotopic (exact) mass is 923 g/mol. The molecule has 2 fully saturated rings. The number of amides is 2. The standard InChI is InChI=1S/C53H51F6NO5Si/c1-32-23-34(24-33(2)48(32)61)25-36(35-15-9-6-10-16-35)21-22-45-46-37(30-65-66(51(3,4)5,41-17-11-7-12-18-41)42-19-13-8-14-20-42)26-43-47(44(46)31-64-45)50(63)60(49(43)62)40-28-38(52(54,55)56)27-39(29-40)53(57,58)59/h6-20,23-25,27-29,43-45,47,61H,21-22,26,30-31H2,1-5H3/b36-25-/t43-,44+,45-,47-/m1/s1. The summed E-state index contributed by atoms with van der Waals surface area (Å²) >= 11 is 0. The first-order valence-corrected chi connectivity index (χ1v) is 23.9. The molecule has 6 nitrogen and oxygen atoms in total. The number of anilines is 1. The van der Waals surface area contributed by atoms with E-state index >= 15 is 0 Å². The average molecular weight is 924 g/mol. The zero-order chi connectivity index (χ0) is 47.3. The number of phenols is 1. The van der Waals surface area contributed by atoms with Crippen molar-refractivity contribution in [1.29, 1.82) is 0 Å². The molecule has 4 atom stereocenters. The molecule has 0 bridgehead atoms. The number of alkyl halides is 6. The molecule has 2 aliphatic heterocycles. The van der Waals surface area contributed by atoms with Gasteiger partial charge in [-0.15, -0.1) is 0 Å². The van der Waals surface area contributed by atoms with E-state index in [1.54, 1.807) is 0 Å². The van der Waals surface area contributed by atoms with E-state index < -0.39 is 78.2 Å². The number of rotatable bonds is 11. The van der Waals surface area contributed by atoms with Crippen molar-refractivity contribution in [3.63, 3.8) is 0 Å². The van der Waals surface area contributed by atoms with Crippen LogP contribution < -0.4 is 15.3 Å². The van der Waals surface area contributed by atoms with Gasteiger partial charge in [0.15, 0.2) is 0 Å². The Labute approximate surface area is 381 Å². The molecule has 0 aromatic heterocycles. The van der Waals surface area contributed by atoms with Gasteiger partial charge in [0.25, 0.3) is 8.32 Å². The summed E-state index contributed by atoms with van der Waals surface area (Å²) in [5.74, 6) is -4.38. The lowest BCUT2D eigenvalue weighted by Gasteiger charge is -2.44. The number of phenolic OH excluding ortho intramolecular Hbond substituents is 1. The van der Waals surface area contributed by atoms with Crippen LogP contribution in [0.3, 0.4) is 0 Å². The van der Waals surface area contributed by atoms with Crippen LogP contribution in [-0.2, 0) is 31.1 Å². The smallest absolute Gasteiger partial charge is 0.416 e. The first-order chi connectivity index (χ1) is 31.2. The Morgan fingerprint density at radius 1 is 0.758 bits per heavy atom. The highest BCUT2D eigenvalue weighted by molar-refractivity contribution is 6.99. The van der Waals surface area contributed by atoms with Gasteiger partial charge in [0.05, 0.1) is 48.0 Å². The van der Waals surface area contributed by atoms with E-state index in [2.05, 4.69) is 51.1 Å². The Hall–Kier alpha value is -5.76. The van der Waals surface area contributed by atoms with Crippen LogP contribution >= 0.6 is 0 Å². The molecule has 13 heteroatoms. The minimum Gasteiger partial charge on any atom is -0.507 e. The summed E-state index contributed by atoms with van der Waals surface area (Å²) < 4.78 is 98.6. The van der Waals surface area contributed by atoms with Gasteiger partial charge >= 0.3 is 12.4 Å². The van der Waals surface area contributed by atoms with Crippen molar-refractivity contribution in [2.75, 3.05) is 18.1 Å². The fraction of sp³-hybridized carbons (Fsp3) is 0.321. The molecular formula is C53H51F6NO5Si. The number of ether oxygens (including phenoxy) is 1. The van der Waals surface area contributed by atoms with E-state index in [0.29, 0.717) is 29.9 Å². The Kier molecular flexibility index (Phi) is 12.6. The molecule has 0 unspecified atom stereocenters. The van der Waals surface area contributed by atoms with Crippen LogP contribution in [0.1, 0.15) is 73.4 Å². The number of hydrogen-bond donors (Lipinski definition) is 1. The number of carbonyl (C=O) groups is 2. The van der Waals surface area contributed by atoms with E-state index in [1.165, 1.54) is 0 Å². The first-order valence-electron chi connectivity index (χ1n) is 22.0. The largest absolute Gasteiger partial charge is 0.507 e. The highest BCUT2D eigenvalue weighted by Gasteiger charge is 2.58. The summed E-state index contributed by atoms with van der Waals surface area (Å²) in [6.45, 7) is 10.1. The van der Waals surface area contributed by atoms with Gasteiger partial charge in [0.1, 0.15) is 5.75 Å². The minimum absolute atomic E-state index is 0.00578. The van der Waals surface area contributed by atoms with Crippen molar-refractivity contribution in [1.82, 2.24) is 0 Å². The Bertz CT molecular complexity index is 2600. The van der Waals surface area contributed by atoms with Gasteiger partial charge in [-0.25, -0.2) is 4.90 Å². The van der Waals surface area contributed by atoms with Gasteiger partial charge in [-0.1, -0.05) is 118 Å². The molecule has 2 heterocycles. The summed E-state index contributed by atoms with van der Waals surface area (Å²) in [4.78, 5) is 29.6. The zero-order valence-corrected chi connectivity index (χ0v) is 38.3. The summed E-state index contributed by atoms with van der Waals surface area (Å²) in [5, 5.41) is 12.1. The molecule has 344 valence electrons. The number of aryl methyl sites for hydroxylation is 2. The van der Waals surface area contributed by atoms with Crippen LogP contribution in [0.25, 0.3) is 11.6 Å². The fourth-order valence-corrected chi connectivity index (χ4v) is 14.9. The van der Waals surface area contributed by atoms with Crippen molar-refractivity contribution in [2.45, 2.75) is 77.4 Å². The lowest BCUT2D eigenvalue weighted by molar-refractivity contribution is -0.143. The molecule has 1 aliphatic carbocycles. The van der Waals surface area contributed by atoms with Crippen LogP contribution in [0.4, 0.5) is 32.0 Å². The fourth-order valence-electron chi connectivity index (χ4n) is 10.4. The summed E-state index contributed by atoms with van der Waals surface area (Å²) in [6.07, 6.45) is -7.93. The van der Waals surface area contributed by atoms with Crippen molar-refractivity contribution >= 4 is 47.8 Å². The maximum atomic E-state index is 14.6. The Morgan fingerprint density at radius 2 is 1.29 bits per heavy atom. The van der Waals surface area contributed by atoms with Crippen LogP contribution in [0.15, 0.2) is 132 Å². The predicted octanol–water partition coefficient (Wildman–Crippen LogP) is 11.5. The SMILES string of the molecule is Cc1cc(/C=C(/CC[C@H]2OC[C@H]3C2=C(CO[Si](c2ccccc2)(c2ccccc2)C(C)(C)C)C[C@H]2C(=O)N(c4cc(C(F)(F)F)cc(C(F)(F)F)c4)C(=O)[C@H]23)c2ccccc2)cc(C)c1O. The third-order valence-electron chi connectivity index (χ3n) is 13.4. The molecule has 2 saturated heterocycles. The van der Waals surface area contributed by atoms with Crippen molar-refractivity contribution in [2.24, 2.45) is 17.8 Å². The van der Waals surface area contributed by atoms with Crippen molar-refractivity contribution < 1.29 is 50.2 Å². The van der Waals surface area contributed by atoms with E-state index in [9.17, 15) is 41.0 Å². The van der Waals surface area contributed by atoms with Gasteiger partial charge in [-0.2, -0.15) is 26.3 Å². The predicted molar refractivity (Wildman–Crippen MR) is 245 cm³/mol. The second-order valence-electron chi connectivity index (χ2n) is 18.6. The van der Waals surface area contributed by atoms with Gasteiger partial charge in [-0.05, 0) is 118 Å². The normalized spacial score (nSPS) is 20.5. The Balaban J connectivity index is 1.22. The molecule has 0 radical (unpaired) electrons. The third kappa shape index (κ3) is 8.80.